The fourth-order valence-corrected chi connectivity index (χ4v) is 3.15. The quantitative estimate of drug-likeness (QED) is 0.0932. The Morgan fingerprint density at radius 2 is 1.23 bits per heavy atom. The van der Waals surface area contributed by atoms with Crippen LogP contribution in [0.3, 0.4) is 0 Å². The van der Waals surface area contributed by atoms with Crippen molar-refractivity contribution in [2.75, 3.05) is 65.9 Å². The summed E-state index contributed by atoms with van der Waals surface area (Å²) in [5, 5.41) is 23.1. The average Bonchev–Trinajstić information content (AvgIpc) is 2.91. The van der Waals surface area contributed by atoms with Crippen LogP contribution in [0.5, 0.6) is 0 Å². The van der Waals surface area contributed by atoms with Crippen LogP contribution >= 0.6 is 0 Å². The molecule has 1 unspecified atom stereocenters. The molecule has 0 radical (unpaired) electrons. The highest BCUT2D eigenvalue weighted by Crippen LogP contribution is 2.14. The molecule has 0 bridgehead atoms. The number of carbonyl (C=O) groups excluding carboxylic acids is 4. The minimum Gasteiger partial charge on any atom is -0.481 e. The number of amides is 2. The summed E-state index contributed by atoms with van der Waals surface area (Å²) in [4.78, 5) is 68.3. The first kappa shape index (κ1) is 37.1. The Morgan fingerprint density at radius 3 is 1.80 bits per heavy atom. The van der Waals surface area contributed by atoms with E-state index in [0.717, 1.165) is 0 Å². The second kappa shape index (κ2) is 25.1. The number of carbonyl (C=O) groups is 6. The summed E-state index contributed by atoms with van der Waals surface area (Å²) in [7, 11) is 0. The lowest BCUT2D eigenvalue weighted by Gasteiger charge is -2.11. The first-order chi connectivity index (χ1) is 19.1. The van der Waals surface area contributed by atoms with Gasteiger partial charge in [-0.05, 0) is 12.8 Å². The molecular weight excluding hydrogens is 532 g/mol. The Kier molecular flexibility index (Phi) is 23.2. The molecule has 0 fully saturated rings. The molecule has 14 nitrogen and oxygen atoms in total. The molecule has 230 valence electrons. The average molecular weight is 577 g/mol. The molecule has 0 aliphatic heterocycles. The van der Waals surface area contributed by atoms with Gasteiger partial charge in [-0.25, -0.2) is 0 Å². The van der Waals surface area contributed by atoms with Gasteiger partial charge in [0, 0.05) is 51.8 Å². The molecule has 0 aliphatic carbocycles. The van der Waals surface area contributed by atoms with Gasteiger partial charge in [0.1, 0.15) is 12.4 Å². The molecule has 0 saturated carbocycles. The van der Waals surface area contributed by atoms with Gasteiger partial charge in [-0.15, -0.1) is 0 Å². The number of hydrogen-bond acceptors (Lipinski definition) is 10. The maximum atomic E-state index is 11.9. The number of carboxylic acid groups (broad SMARTS) is 2. The van der Waals surface area contributed by atoms with Crippen molar-refractivity contribution >= 4 is 35.3 Å². The predicted molar refractivity (Wildman–Crippen MR) is 141 cm³/mol. The maximum Gasteiger partial charge on any atom is 0.306 e. The summed E-state index contributed by atoms with van der Waals surface area (Å²) >= 11 is 0. The van der Waals surface area contributed by atoms with Gasteiger partial charge >= 0.3 is 11.9 Å². The third-order valence-electron chi connectivity index (χ3n) is 5.37. The van der Waals surface area contributed by atoms with Gasteiger partial charge in [0.15, 0.2) is 5.78 Å². The summed E-state index contributed by atoms with van der Waals surface area (Å²) in [5.41, 5.74) is 0. The first-order valence-corrected chi connectivity index (χ1v) is 13.5. The van der Waals surface area contributed by atoms with Crippen molar-refractivity contribution < 1.29 is 57.9 Å². The minimum atomic E-state index is -1.21. The Hall–Kier alpha value is -2.94. The molecule has 0 aromatic rings. The van der Waals surface area contributed by atoms with Crippen LogP contribution < -0.4 is 10.6 Å². The lowest BCUT2D eigenvalue weighted by molar-refractivity contribution is -0.144. The Labute approximate surface area is 234 Å². The molecule has 0 heterocycles. The van der Waals surface area contributed by atoms with Crippen molar-refractivity contribution in [2.24, 2.45) is 5.92 Å². The van der Waals surface area contributed by atoms with Crippen molar-refractivity contribution in [1.82, 2.24) is 10.6 Å². The Balaban J connectivity index is 3.61. The molecule has 0 saturated heterocycles. The Morgan fingerprint density at radius 1 is 0.650 bits per heavy atom. The van der Waals surface area contributed by atoms with E-state index in [0.29, 0.717) is 52.2 Å². The lowest BCUT2D eigenvalue weighted by Crippen LogP contribution is -2.29. The van der Waals surface area contributed by atoms with E-state index in [9.17, 15) is 33.9 Å². The third-order valence-corrected chi connectivity index (χ3v) is 5.37. The molecule has 1 atom stereocenters. The van der Waals surface area contributed by atoms with E-state index >= 15 is 0 Å². The summed E-state index contributed by atoms with van der Waals surface area (Å²) < 4.78 is 21.3. The van der Waals surface area contributed by atoms with Crippen LogP contribution in [0.25, 0.3) is 0 Å². The highest BCUT2D eigenvalue weighted by molar-refractivity contribution is 5.86. The van der Waals surface area contributed by atoms with Gasteiger partial charge in [0.25, 0.3) is 0 Å². The van der Waals surface area contributed by atoms with E-state index in [1.807, 2.05) is 0 Å². The number of aliphatic carboxylic acids is 2. The molecule has 14 heteroatoms. The van der Waals surface area contributed by atoms with Crippen LogP contribution in [-0.2, 0) is 47.7 Å². The highest BCUT2D eigenvalue weighted by Gasteiger charge is 2.22. The second-order valence-electron chi connectivity index (χ2n) is 8.80. The molecule has 2 amide bonds. The molecule has 0 rings (SSSR count). The summed E-state index contributed by atoms with van der Waals surface area (Å²) in [6.07, 6.45) is 0.304. The number of ketones is 2. The minimum absolute atomic E-state index is 0.0177. The van der Waals surface area contributed by atoms with Crippen LogP contribution in [0.15, 0.2) is 0 Å². The van der Waals surface area contributed by atoms with Gasteiger partial charge in [0.05, 0.1) is 52.0 Å². The number of nitrogens with one attached hydrogen (secondary N) is 2. The maximum absolute atomic E-state index is 11.9. The normalized spacial score (nSPS) is 11.5. The van der Waals surface area contributed by atoms with Gasteiger partial charge in [-0.1, -0.05) is 6.92 Å². The number of carboxylic acids is 2. The zero-order valence-corrected chi connectivity index (χ0v) is 23.3. The van der Waals surface area contributed by atoms with Crippen molar-refractivity contribution in [1.29, 1.82) is 0 Å². The van der Waals surface area contributed by atoms with Crippen molar-refractivity contribution in [2.45, 2.75) is 58.3 Å². The second-order valence-corrected chi connectivity index (χ2v) is 8.80. The molecular formula is C26H44N2O12. The molecule has 0 aromatic heterocycles. The smallest absolute Gasteiger partial charge is 0.306 e. The number of ether oxygens (including phenoxy) is 4. The lowest BCUT2D eigenvalue weighted by atomic mass is 9.95. The van der Waals surface area contributed by atoms with E-state index < -0.39 is 23.6 Å². The van der Waals surface area contributed by atoms with Crippen LogP contribution in [0.1, 0.15) is 58.3 Å². The molecule has 0 aromatic carbocycles. The zero-order chi connectivity index (χ0) is 30.0. The van der Waals surface area contributed by atoms with Gasteiger partial charge in [0.2, 0.25) is 11.8 Å². The number of hydrogen-bond donors (Lipinski definition) is 4. The monoisotopic (exact) mass is 576 g/mol. The topological polar surface area (TPSA) is 204 Å². The molecule has 40 heavy (non-hydrogen) atoms. The van der Waals surface area contributed by atoms with Crippen molar-refractivity contribution in [3.63, 3.8) is 0 Å². The zero-order valence-electron chi connectivity index (χ0n) is 23.3. The Bertz CT molecular complexity index is 775. The van der Waals surface area contributed by atoms with Crippen LogP contribution in [-0.4, -0.2) is 111 Å². The fourth-order valence-electron chi connectivity index (χ4n) is 3.15. The largest absolute Gasteiger partial charge is 0.481 e. The van der Waals surface area contributed by atoms with Crippen molar-refractivity contribution in [3.05, 3.63) is 0 Å². The van der Waals surface area contributed by atoms with E-state index in [-0.39, 0.29) is 82.7 Å². The molecule has 0 aliphatic rings. The van der Waals surface area contributed by atoms with Gasteiger partial charge < -0.3 is 39.8 Å². The van der Waals surface area contributed by atoms with Crippen LogP contribution in [0.4, 0.5) is 0 Å². The summed E-state index contributed by atoms with van der Waals surface area (Å²) in [6, 6.07) is 0. The number of Topliss-reactive ketones (excluding diaryl/α,β-unsaturated/α-hetero) is 2. The van der Waals surface area contributed by atoms with Crippen molar-refractivity contribution in [3.8, 4) is 0 Å². The molecule has 4 N–H and O–H groups in total. The predicted octanol–water partition coefficient (Wildman–Crippen LogP) is 0.350. The van der Waals surface area contributed by atoms with Gasteiger partial charge in [-0.2, -0.15) is 0 Å². The highest BCUT2D eigenvalue weighted by atomic mass is 16.5. The summed E-state index contributed by atoms with van der Waals surface area (Å²) in [5.74, 6) is -4.31. The van der Waals surface area contributed by atoms with Gasteiger partial charge in [-0.3, -0.25) is 28.8 Å². The van der Waals surface area contributed by atoms with Crippen LogP contribution in [0, 0.1) is 5.92 Å². The SMILES string of the molecule is CCC(=O)NCCOCCOCCCC(=O)COCCOCCNC(=O)CCC(CC(=O)CCC(=O)O)C(=O)O. The van der Waals surface area contributed by atoms with Crippen LogP contribution in [0.2, 0.25) is 0 Å². The van der Waals surface area contributed by atoms with E-state index in [1.165, 1.54) is 0 Å². The van der Waals surface area contributed by atoms with E-state index in [1.54, 1.807) is 6.92 Å². The fraction of sp³-hybridized carbons (Fsp3) is 0.769. The van der Waals surface area contributed by atoms with E-state index in [2.05, 4.69) is 10.6 Å². The van der Waals surface area contributed by atoms with E-state index in [4.69, 9.17) is 24.1 Å². The first-order valence-electron chi connectivity index (χ1n) is 13.5. The summed E-state index contributed by atoms with van der Waals surface area (Å²) in [6.45, 7) is 4.72. The third kappa shape index (κ3) is 24.1. The number of rotatable bonds is 28. The molecule has 0 spiro atoms. The standard InChI is InChI=1S/C26H44N2O12/c1-2-23(31)27-9-12-38-15-14-37-11-3-4-22(30)19-40-17-16-39-13-10-28-24(32)7-5-20(26(35)36)18-21(29)6-8-25(33)34/h20H,2-19H2,1H3,(H,27,31)(H,28,32)(H,33,34)(H,35,36).